The van der Waals surface area contributed by atoms with Gasteiger partial charge in [0.15, 0.2) is 6.29 Å². The molecule has 2 aromatic rings. The lowest BCUT2D eigenvalue weighted by Gasteiger charge is -2.39. The Kier molecular flexibility index (Phi) is 14.4. The number of hydrogen-bond acceptors (Lipinski definition) is 7. The Morgan fingerprint density at radius 3 is 2.14 bits per heavy atom. The number of rotatable bonds is 12. The number of nitrogens with zero attached hydrogens (tertiary/aromatic N) is 2. The first-order valence-electron chi connectivity index (χ1n) is 14.9. The maximum Gasteiger partial charge on any atom is 0.414 e. The molecule has 0 spiro atoms. The van der Waals surface area contributed by atoms with Crippen LogP contribution >= 0.6 is 0 Å². The first-order chi connectivity index (χ1) is 20.7. The lowest BCUT2D eigenvalue weighted by molar-refractivity contribution is -0.182. The van der Waals surface area contributed by atoms with Crippen LogP contribution in [0.4, 0.5) is 4.39 Å². The van der Waals surface area contributed by atoms with E-state index in [4.69, 9.17) is 34.0 Å². The number of aliphatic carboxylic acids is 2. The summed E-state index contributed by atoms with van der Waals surface area (Å²) >= 11 is 0. The van der Waals surface area contributed by atoms with Crippen LogP contribution in [-0.2, 0) is 36.7 Å². The molecule has 0 aromatic heterocycles. The van der Waals surface area contributed by atoms with Gasteiger partial charge in [0.1, 0.15) is 11.6 Å². The van der Waals surface area contributed by atoms with Crippen molar-refractivity contribution in [3.8, 4) is 5.75 Å². The van der Waals surface area contributed by atoms with Crippen LogP contribution in [0.15, 0.2) is 48.5 Å². The van der Waals surface area contributed by atoms with Crippen LogP contribution in [0.25, 0.3) is 0 Å². The number of hydrogen-bond donors (Lipinski definition) is 2. The number of likely N-dealkylation sites (tertiary alicyclic amines) is 1. The zero-order valence-electron chi connectivity index (χ0n) is 24.8. The molecule has 2 fully saturated rings. The molecule has 0 radical (unpaired) electrons. The second kappa shape index (κ2) is 18.2. The number of carboxylic acid groups (broad SMARTS) is 2. The van der Waals surface area contributed by atoms with Crippen molar-refractivity contribution in [2.75, 3.05) is 46.0 Å². The van der Waals surface area contributed by atoms with Crippen molar-refractivity contribution in [3.63, 3.8) is 0 Å². The summed E-state index contributed by atoms with van der Waals surface area (Å²) in [6.07, 6.45) is 5.72. The predicted molar refractivity (Wildman–Crippen MR) is 157 cm³/mol. The highest BCUT2D eigenvalue weighted by molar-refractivity contribution is 6.27. The Labute approximate surface area is 252 Å². The molecule has 2 saturated heterocycles. The molecular formula is C32H43FN2O8. The molecule has 4 rings (SSSR count). The molecule has 2 heterocycles. The van der Waals surface area contributed by atoms with Crippen molar-refractivity contribution >= 4 is 17.8 Å². The quantitative estimate of drug-likeness (QED) is 0.347. The summed E-state index contributed by atoms with van der Waals surface area (Å²) in [7, 11) is 0. The zero-order valence-corrected chi connectivity index (χ0v) is 24.8. The highest BCUT2D eigenvalue weighted by Crippen LogP contribution is 2.21. The molecule has 11 heteroatoms. The molecule has 43 heavy (non-hydrogen) atoms. The van der Waals surface area contributed by atoms with E-state index in [0.29, 0.717) is 26.0 Å². The third kappa shape index (κ3) is 12.3. The van der Waals surface area contributed by atoms with Crippen LogP contribution < -0.4 is 4.74 Å². The van der Waals surface area contributed by atoms with E-state index in [0.717, 1.165) is 81.8 Å². The van der Waals surface area contributed by atoms with Crippen LogP contribution in [0.3, 0.4) is 0 Å². The molecule has 2 aromatic carbocycles. The second-order valence-corrected chi connectivity index (χ2v) is 10.6. The smallest absolute Gasteiger partial charge is 0.414 e. The molecule has 2 N–H and O–H groups in total. The van der Waals surface area contributed by atoms with E-state index < -0.39 is 11.9 Å². The van der Waals surface area contributed by atoms with Gasteiger partial charge in [-0.05, 0) is 67.5 Å². The Morgan fingerprint density at radius 2 is 1.56 bits per heavy atom. The van der Waals surface area contributed by atoms with Crippen molar-refractivity contribution in [2.24, 2.45) is 0 Å². The van der Waals surface area contributed by atoms with E-state index in [-0.39, 0.29) is 24.1 Å². The standard InChI is InChI=1S/C30H41FN2O4.C2H2O4/c1-2-20-35-28-10-6-25(7-11-28)23-29(34)33(19-12-24-4-8-26(31)9-5-24)27-13-16-32(17-14-27)18-15-30-36-21-3-22-37-30;3-1(4)2(5)6/h4-11,27,30H,2-3,12-23H2,1H3;(H,3,4)(H,5,6). The average Bonchev–Trinajstić information content (AvgIpc) is 3.02. The summed E-state index contributed by atoms with van der Waals surface area (Å²) < 4.78 is 30.4. The summed E-state index contributed by atoms with van der Waals surface area (Å²) in [4.78, 5) is 36.3. The van der Waals surface area contributed by atoms with E-state index in [2.05, 4.69) is 16.7 Å². The monoisotopic (exact) mass is 602 g/mol. The van der Waals surface area contributed by atoms with Gasteiger partial charge in [-0.15, -0.1) is 0 Å². The normalized spacial score (nSPS) is 16.1. The number of benzene rings is 2. The number of carbonyl (C=O) groups excluding carboxylic acids is 1. The first kappa shape index (κ1) is 34.0. The first-order valence-corrected chi connectivity index (χ1v) is 14.9. The van der Waals surface area contributed by atoms with Gasteiger partial charge in [0.05, 0.1) is 26.2 Å². The molecular weight excluding hydrogens is 559 g/mol. The number of ether oxygens (including phenoxy) is 3. The van der Waals surface area contributed by atoms with Crippen molar-refractivity contribution in [1.29, 1.82) is 0 Å². The Hall–Kier alpha value is -3.54. The van der Waals surface area contributed by atoms with Crippen LogP contribution in [0.1, 0.15) is 50.2 Å². The molecule has 0 aliphatic carbocycles. The van der Waals surface area contributed by atoms with Crippen molar-refractivity contribution < 1.29 is 43.2 Å². The van der Waals surface area contributed by atoms with Gasteiger partial charge in [0.25, 0.3) is 0 Å². The summed E-state index contributed by atoms with van der Waals surface area (Å²) in [5, 5.41) is 14.8. The lowest BCUT2D eigenvalue weighted by Crippen LogP contribution is -2.49. The minimum Gasteiger partial charge on any atom is -0.494 e. The SMILES string of the molecule is CCCOc1ccc(CC(=O)N(CCc2ccc(F)cc2)C2CCN(CCC3OCCCO3)CC2)cc1.O=C(O)C(=O)O. The number of piperidine rings is 1. The second-order valence-electron chi connectivity index (χ2n) is 10.6. The number of carbonyl (C=O) groups is 3. The Balaban J connectivity index is 0.000000765. The van der Waals surface area contributed by atoms with Crippen LogP contribution in [0.5, 0.6) is 5.75 Å². The van der Waals surface area contributed by atoms with Crippen molar-refractivity contribution in [3.05, 3.63) is 65.5 Å². The van der Waals surface area contributed by atoms with Gasteiger partial charge in [-0.1, -0.05) is 31.2 Å². The van der Waals surface area contributed by atoms with E-state index >= 15 is 0 Å². The van der Waals surface area contributed by atoms with Crippen molar-refractivity contribution in [1.82, 2.24) is 9.80 Å². The minimum absolute atomic E-state index is 0.0842. The maximum absolute atomic E-state index is 13.5. The fourth-order valence-electron chi connectivity index (χ4n) is 5.06. The van der Waals surface area contributed by atoms with Crippen LogP contribution in [0.2, 0.25) is 0 Å². The summed E-state index contributed by atoms with van der Waals surface area (Å²) in [5.74, 6) is -2.90. The number of amides is 1. The van der Waals surface area contributed by atoms with Gasteiger partial charge in [-0.25, -0.2) is 14.0 Å². The molecule has 2 aliphatic rings. The zero-order chi connectivity index (χ0) is 31.0. The molecule has 10 nitrogen and oxygen atoms in total. The highest BCUT2D eigenvalue weighted by atomic mass is 19.1. The fourth-order valence-corrected chi connectivity index (χ4v) is 5.06. The lowest BCUT2D eigenvalue weighted by atomic mass is 10.0. The third-order valence-corrected chi connectivity index (χ3v) is 7.38. The molecule has 2 aliphatic heterocycles. The topological polar surface area (TPSA) is 126 Å². The molecule has 0 atom stereocenters. The van der Waals surface area contributed by atoms with Gasteiger partial charge in [-0.2, -0.15) is 0 Å². The largest absolute Gasteiger partial charge is 0.494 e. The van der Waals surface area contributed by atoms with E-state index in [1.54, 1.807) is 0 Å². The van der Waals surface area contributed by atoms with Gasteiger partial charge in [0.2, 0.25) is 5.91 Å². The fraction of sp³-hybridized carbons (Fsp3) is 0.531. The summed E-state index contributed by atoms with van der Waals surface area (Å²) in [6.45, 7) is 7.84. The molecule has 0 unspecified atom stereocenters. The third-order valence-electron chi connectivity index (χ3n) is 7.38. The van der Waals surface area contributed by atoms with Gasteiger partial charge >= 0.3 is 11.9 Å². The average molecular weight is 603 g/mol. The number of halogens is 1. The van der Waals surface area contributed by atoms with E-state index in [1.165, 1.54) is 12.1 Å². The van der Waals surface area contributed by atoms with Crippen LogP contribution in [-0.4, -0.2) is 96.2 Å². The molecule has 1 amide bonds. The molecule has 0 saturated carbocycles. The summed E-state index contributed by atoms with van der Waals surface area (Å²) in [5.41, 5.74) is 2.03. The molecule has 0 bridgehead atoms. The van der Waals surface area contributed by atoms with E-state index in [9.17, 15) is 9.18 Å². The Bertz CT molecular complexity index is 1120. The van der Waals surface area contributed by atoms with E-state index in [1.807, 2.05) is 36.4 Å². The minimum atomic E-state index is -1.82. The van der Waals surface area contributed by atoms with Gasteiger partial charge in [-0.3, -0.25) is 4.79 Å². The van der Waals surface area contributed by atoms with Crippen LogP contribution in [0, 0.1) is 5.82 Å². The molecule has 236 valence electrons. The Morgan fingerprint density at radius 1 is 0.953 bits per heavy atom. The predicted octanol–water partition coefficient (Wildman–Crippen LogP) is 4.00. The highest BCUT2D eigenvalue weighted by Gasteiger charge is 2.28. The van der Waals surface area contributed by atoms with Gasteiger partial charge < -0.3 is 34.2 Å². The summed E-state index contributed by atoms with van der Waals surface area (Å²) in [6, 6.07) is 14.7. The van der Waals surface area contributed by atoms with Gasteiger partial charge in [0, 0.05) is 38.6 Å². The number of carboxylic acids is 2. The maximum atomic E-state index is 13.5. The van der Waals surface area contributed by atoms with Crippen molar-refractivity contribution in [2.45, 2.75) is 64.2 Å².